The van der Waals surface area contributed by atoms with E-state index in [0.717, 1.165) is 11.1 Å². The number of halogens is 2. The molecule has 6 heteroatoms. The van der Waals surface area contributed by atoms with E-state index in [1.165, 1.54) is 6.20 Å². The van der Waals surface area contributed by atoms with Gasteiger partial charge in [-0.3, -0.25) is 4.79 Å². The van der Waals surface area contributed by atoms with Crippen molar-refractivity contribution in [3.05, 3.63) is 81.5 Å². The second kappa shape index (κ2) is 8.42. The molecule has 3 aromatic rings. The minimum atomic E-state index is 0.0711. The van der Waals surface area contributed by atoms with Gasteiger partial charge >= 0.3 is 0 Å². The van der Waals surface area contributed by atoms with Crippen molar-refractivity contribution in [2.24, 2.45) is 0 Å². The van der Waals surface area contributed by atoms with Gasteiger partial charge in [-0.1, -0.05) is 53.0 Å². The third-order valence-corrected chi connectivity index (χ3v) is 4.58. The first-order valence-corrected chi connectivity index (χ1v) is 9.11. The van der Waals surface area contributed by atoms with Gasteiger partial charge in [0.2, 0.25) is 0 Å². The van der Waals surface area contributed by atoms with Crippen LogP contribution in [0.2, 0.25) is 10.0 Å². The third kappa shape index (κ3) is 5.22. The van der Waals surface area contributed by atoms with Crippen LogP contribution in [0.3, 0.4) is 0 Å². The average Bonchev–Trinajstić information content (AvgIpc) is 2.63. The predicted molar refractivity (Wildman–Crippen MR) is 109 cm³/mol. The Morgan fingerprint density at radius 2 is 1.81 bits per heavy atom. The lowest BCUT2D eigenvalue weighted by molar-refractivity contribution is -0.117. The smallest absolute Gasteiger partial charge is 0.170 e. The van der Waals surface area contributed by atoms with Crippen molar-refractivity contribution < 1.29 is 9.53 Å². The Bertz CT molecular complexity index is 972. The van der Waals surface area contributed by atoms with Crippen LogP contribution in [-0.4, -0.2) is 10.8 Å². The molecule has 0 saturated carbocycles. The number of ether oxygens (including phenoxy) is 1. The lowest BCUT2D eigenvalue weighted by Gasteiger charge is -2.11. The molecule has 0 bridgehead atoms. The highest BCUT2D eigenvalue weighted by atomic mass is 35.5. The Balaban J connectivity index is 1.74. The van der Waals surface area contributed by atoms with Gasteiger partial charge in [-0.2, -0.15) is 0 Å². The van der Waals surface area contributed by atoms with Crippen LogP contribution in [0.4, 0.5) is 5.82 Å². The summed E-state index contributed by atoms with van der Waals surface area (Å²) < 4.78 is 5.76. The van der Waals surface area contributed by atoms with Crippen LogP contribution in [0.15, 0.2) is 54.7 Å². The quantitative estimate of drug-likeness (QED) is 0.599. The predicted octanol–water partition coefficient (Wildman–Crippen LogP) is 5.43. The van der Waals surface area contributed by atoms with Crippen molar-refractivity contribution in [3.63, 3.8) is 0 Å². The van der Waals surface area contributed by atoms with Gasteiger partial charge in [-0.15, -0.1) is 0 Å². The van der Waals surface area contributed by atoms with Gasteiger partial charge in [0.25, 0.3) is 0 Å². The number of aryl methyl sites for hydroxylation is 1. The van der Waals surface area contributed by atoms with Crippen LogP contribution in [0.1, 0.15) is 16.7 Å². The van der Waals surface area contributed by atoms with Crippen LogP contribution in [0.5, 0.6) is 11.5 Å². The molecule has 0 fully saturated rings. The summed E-state index contributed by atoms with van der Waals surface area (Å²) in [6.45, 7) is 2.01. The molecule has 3 rings (SSSR count). The molecule has 0 unspecified atom stereocenters. The molecule has 0 amide bonds. The van der Waals surface area contributed by atoms with Crippen molar-refractivity contribution in [3.8, 4) is 11.5 Å². The van der Waals surface area contributed by atoms with Gasteiger partial charge in [0.1, 0.15) is 11.5 Å². The second-order valence-electron chi connectivity index (χ2n) is 6.27. The number of benzene rings is 2. The summed E-state index contributed by atoms with van der Waals surface area (Å²) in [5.74, 6) is 1.16. The summed E-state index contributed by atoms with van der Waals surface area (Å²) >= 11 is 12.2. The van der Waals surface area contributed by atoms with E-state index in [0.29, 0.717) is 33.5 Å². The summed E-state index contributed by atoms with van der Waals surface area (Å²) in [6, 6.07) is 14.6. The number of carbonyl (C=O) groups is 1. The fraction of sp³-hybridized carbons (Fsp3) is 0.143. The maximum absolute atomic E-state index is 12.4. The Labute approximate surface area is 167 Å². The number of ketones is 1. The van der Waals surface area contributed by atoms with E-state index in [1.807, 2.05) is 31.2 Å². The highest BCUT2D eigenvalue weighted by molar-refractivity contribution is 6.31. The third-order valence-electron chi connectivity index (χ3n) is 4.00. The molecule has 0 aliphatic carbocycles. The Morgan fingerprint density at radius 3 is 2.56 bits per heavy atom. The fourth-order valence-corrected chi connectivity index (χ4v) is 2.93. The monoisotopic (exact) mass is 400 g/mol. The van der Waals surface area contributed by atoms with Crippen LogP contribution < -0.4 is 10.5 Å². The zero-order valence-corrected chi connectivity index (χ0v) is 16.2. The first-order chi connectivity index (χ1) is 12.9. The van der Waals surface area contributed by atoms with Crippen LogP contribution in [0.25, 0.3) is 0 Å². The van der Waals surface area contributed by atoms with Gasteiger partial charge in [-0.25, -0.2) is 4.98 Å². The largest absolute Gasteiger partial charge is 0.453 e. The number of hydrogen-bond donors (Lipinski definition) is 1. The molecule has 1 aromatic heterocycles. The van der Waals surface area contributed by atoms with Gasteiger partial charge < -0.3 is 10.5 Å². The molecule has 0 spiro atoms. The molecular formula is C21H18Cl2N2O2. The standard InChI is InChI=1S/C21H18Cl2N2O2/c1-13-2-4-14(5-3-13)8-17(26)9-15-10-18(6-7-19(15)23)27-20-11-16(22)12-25-21(20)24/h2-7,10-12H,8-9H2,1H3,(H2,24,25). The Kier molecular flexibility index (Phi) is 5.99. The van der Waals surface area contributed by atoms with E-state index in [4.69, 9.17) is 33.7 Å². The normalized spacial score (nSPS) is 10.6. The van der Waals surface area contributed by atoms with E-state index < -0.39 is 0 Å². The molecule has 2 N–H and O–H groups in total. The molecule has 1 heterocycles. The van der Waals surface area contributed by atoms with Gasteiger partial charge in [0, 0.05) is 30.1 Å². The Hall–Kier alpha value is -2.56. The summed E-state index contributed by atoms with van der Waals surface area (Å²) in [5, 5.41) is 0.929. The maximum Gasteiger partial charge on any atom is 0.170 e. The van der Waals surface area contributed by atoms with Crippen molar-refractivity contribution in [2.45, 2.75) is 19.8 Å². The summed E-state index contributed by atoms with van der Waals surface area (Å²) in [6.07, 6.45) is 2.01. The van der Waals surface area contributed by atoms with Gasteiger partial charge in [-0.05, 0) is 36.2 Å². The van der Waals surface area contributed by atoms with Crippen LogP contribution in [-0.2, 0) is 17.6 Å². The lowest BCUT2D eigenvalue weighted by Crippen LogP contribution is -2.07. The molecule has 0 aliphatic heterocycles. The maximum atomic E-state index is 12.4. The molecule has 2 aromatic carbocycles. The van der Waals surface area contributed by atoms with Crippen molar-refractivity contribution in [1.82, 2.24) is 4.98 Å². The number of nitrogens with two attached hydrogens (primary N) is 1. The molecule has 138 valence electrons. The highest BCUT2D eigenvalue weighted by Crippen LogP contribution is 2.31. The number of carbonyl (C=O) groups excluding carboxylic acids is 1. The first kappa shape index (κ1) is 19.2. The van der Waals surface area contributed by atoms with E-state index in [-0.39, 0.29) is 18.0 Å². The summed E-state index contributed by atoms with van der Waals surface area (Å²) in [4.78, 5) is 16.4. The van der Waals surface area contributed by atoms with E-state index in [9.17, 15) is 4.79 Å². The van der Waals surface area contributed by atoms with Crippen LogP contribution in [0, 0.1) is 6.92 Å². The van der Waals surface area contributed by atoms with E-state index in [2.05, 4.69) is 4.98 Å². The van der Waals surface area contributed by atoms with E-state index in [1.54, 1.807) is 24.3 Å². The highest BCUT2D eigenvalue weighted by Gasteiger charge is 2.11. The molecule has 27 heavy (non-hydrogen) atoms. The SMILES string of the molecule is Cc1ccc(CC(=O)Cc2cc(Oc3cc(Cl)cnc3N)ccc2Cl)cc1. The summed E-state index contributed by atoms with van der Waals surface area (Å²) in [7, 11) is 0. The number of pyridine rings is 1. The fourth-order valence-electron chi connectivity index (χ4n) is 2.60. The van der Waals surface area contributed by atoms with E-state index >= 15 is 0 Å². The molecular weight excluding hydrogens is 383 g/mol. The summed E-state index contributed by atoms with van der Waals surface area (Å²) in [5.41, 5.74) is 8.64. The minimum Gasteiger partial charge on any atom is -0.453 e. The van der Waals surface area contributed by atoms with Gasteiger partial charge in [0.15, 0.2) is 11.6 Å². The van der Waals surface area contributed by atoms with Crippen molar-refractivity contribution >= 4 is 34.8 Å². The number of Topliss-reactive ketones (excluding diaryl/α,β-unsaturated/α-hetero) is 1. The molecule has 0 radical (unpaired) electrons. The van der Waals surface area contributed by atoms with Crippen molar-refractivity contribution in [2.75, 3.05) is 5.73 Å². The molecule has 0 aliphatic rings. The minimum absolute atomic E-state index is 0.0711. The second-order valence-corrected chi connectivity index (χ2v) is 7.11. The average molecular weight is 401 g/mol. The Morgan fingerprint density at radius 1 is 1.07 bits per heavy atom. The van der Waals surface area contributed by atoms with Gasteiger partial charge in [0.05, 0.1) is 5.02 Å². The first-order valence-electron chi connectivity index (χ1n) is 8.35. The number of nitrogen functional groups attached to an aromatic ring is 1. The topological polar surface area (TPSA) is 65.2 Å². The number of aromatic nitrogens is 1. The zero-order chi connectivity index (χ0) is 19.4. The van der Waals surface area contributed by atoms with Crippen molar-refractivity contribution in [1.29, 1.82) is 0 Å². The lowest BCUT2D eigenvalue weighted by atomic mass is 10.0. The molecule has 4 nitrogen and oxygen atoms in total. The molecule has 0 atom stereocenters. The number of anilines is 1. The number of nitrogens with zero attached hydrogens (tertiary/aromatic N) is 1. The molecule has 0 saturated heterocycles. The van der Waals surface area contributed by atoms with Crippen LogP contribution >= 0.6 is 23.2 Å². The number of hydrogen-bond acceptors (Lipinski definition) is 4. The number of rotatable bonds is 6. The zero-order valence-electron chi connectivity index (χ0n) is 14.7.